The molecule has 0 fully saturated rings. The summed E-state index contributed by atoms with van der Waals surface area (Å²) in [6.07, 6.45) is 2.25. The first kappa shape index (κ1) is 11.3. The molecule has 0 N–H and O–H groups in total. The first-order valence-electron chi connectivity index (χ1n) is 6.60. The molecule has 0 aromatic heterocycles. The van der Waals surface area contributed by atoms with Gasteiger partial charge >= 0.3 is 0 Å². The van der Waals surface area contributed by atoms with Crippen LogP contribution in [0.1, 0.15) is 36.1 Å². The highest BCUT2D eigenvalue weighted by molar-refractivity contribution is 5.88. The molecule has 0 saturated carbocycles. The third-order valence-electron chi connectivity index (χ3n) is 4.04. The van der Waals surface area contributed by atoms with Gasteiger partial charge in [-0.1, -0.05) is 48.5 Å². The van der Waals surface area contributed by atoms with Gasteiger partial charge in [-0.2, -0.15) is 0 Å². The predicted octanol–water partition coefficient (Wildman–Crippen LogP) is 4.74. The van der Waals surface area contributed by atoms with Crippen molar-refractivity contribution in [1.29, 1.82) is 0 Å². The van der Waals surface area contributed by atoms with Crippen LogP contribution in [0.5, 0.6) is 0 Å². The van der Waals surface area contributed by atoms with E-state index < -0.39 is 0 Å². The van der Waals surface area contributed by atoms with Gasteiger partial charge in [0.15, 0.2) is 0 Å². The number of allylic oxidation sites excluding steroid dienone is 2. The lowest BCUT2D eigenvalue weighted by atomic mass is 9.93. The topological polar surface area (TPSA) is 0 Å². The number of benzene rings is 2. The molecular formula is C18H18. The first-order chi connectivity index (χ1) is 8.74. The molecule has 0 aliphatic heterocycles. The SMILES string of the molecule is C/C1=C(\C)c2ccc(cc2)CCc2ccc1cc2. The van der Waals surface area contributed by atoms with E-state index in [1.165, 1.54) is 33.4 Å². The predicted molar refractivity (Wildman–Crippen MR) is 78.5 cm³/mol. The molecule has 0 spiro atoms. The number of rotatable bonds is 0. The third kappa shape index (κ3) is 1.99. The highest BCUT2D eigenvalue weighted by Gasteiger charge is 2.06. The van der Waals surface area contributed by atoms with E-state index in [1.54, 1.807) is 0 Å². The van der Waals surface area contributed by atoms with Gasteiger partial charge in [0.05, 0.1) is 0 Å². The van der Waals surface area contributed by atoms with Crippen molar-refractivity contribution in [3.8, 4) is 0 Å². The van der Waals surface area contributed by atoms with Crippen LogP contribution in [0.15, 0.2) is 48.5 Å². The van der Waals surface area contributed by atoms with Crippen LogP contribution in [0.25, 0.3) is 11.1 Å². The molecule has 18 heavy (non-hydrogen) atoms. The van der Waals surface area contributed by atoms with Crippen molar-refractivity contribution in [2.75, 3.05) is 0 Å². The van der Waals surface area contributed by atoms with Gasteiger partial charge in [0.25, 0.3) is 0 Å². The fraction of sp³-hybridized carbons (Fsp3) is 0.222. The summed E-state index contributed by atoms with van der Waals surface area (Å²) in [6, 6.07) is 18.1. The molecule has 4 bridgehead atoms. The van der Waals surface area contributed by atoms with Gasteiger partial charge in [-0.05, 0) is 60.1 Å². The van der Waals surface area contributed by atoms with Crippen LogP contribution in [-0.4, -0.2) is 0 Å². The largest absolute Gasteiger partial charge is 0.0584 e. The number of hydrogen-bond acceptors (Lipinski definition) is 0. The molecule has 6 rings (SSSR count). The molecular weight excluding hydrogens is 216 g/mol. The Morgan fingerprint density at radius 2 is 0.889 bits per heavy atom. The molecule has 0 atom stereocenters. The van der Waals surface area contributed by atoms with Crippen LogP contribution in [0.4, 0.5) is 0 Å². The Hall–Kier alpha value is -1.82. The molecule has 0 amide bonds. The zero-order valence-electron chi connectivity index (χ0n) is 11.0. The minimum absolute atomic E-state index is 1.13. The van der Waals surface area contributed by atoms with Crippen LogP contribution >= 0.6 is 0 Å². The Kier molecular flexibility index (Phi) is 2.79. The van der Waals surface area contributed by atoms with Gasteiger partial charge in [0, 0.05) is 0 Å². The fourth-order valence-corrected chi connectivity index (χ4v) is 2.56. The summed E-state index contributed by atoms with van der Waals surface area (Å²) in [5.41, 5.74) is 8.26. The number of aryl methyl sites for hydroxylation is 2. The maximum absolute atomic E-state index is 2.26. The Balaban J connectivity index is 2.22. The average molecular weight is 234 g/mol. The molecule has 4 aliphatic rings. The molecule has 2 aromatic carbocycles. The summed E-state index contributed by atoms with van der Waals surface area (Å²) in [4.78, 5) is 0. The minimum atomic E-state index is 1.13. The van der Waals surface area contributed by atoms with E-state index in [9.17, 15) is 0 Å². The second-order valence-corrected chi connectivity index (χ2v) is 5.14. The molecule has 0 heteroatoms. The zero-order chi connectivity index (χ0) is 12.5. The Bertz CT molecular complexity index is 527. The first-order valence-corrected chi connectivity index (χ1v) is 6.60. The van der Waals surface area contributed by atoms with Gasteiger partial charge in [0.2, 0.25) is 0 Å². The highest BCUT2D eigenvalue weighted by atomic mass is 14.1. The lowest BCUT2D eigenvalue weighted by molar-refractivity contribution is 0.959. The monoisotopic (exact) mass is 234 g/mol. The molecule has 90 valence electrons. The van der Waals surface area contributed by atoms with E-state index in [0.717, 1.165) is 12.8 Å². The van der Waals surface area contributed by atoms with E-state index in [1.807, 2.05) is 0 Å². The van der Waals surface area contributed by atoms with E-state index in [-0.39, 0.29) is 0 Å². The highest BCUT2D eigenvalue weighted by Crippen LogP contribution is 2.27. The summed E-state index contributed by atoms with van der Waals surface area (Å²) in [7, 11) is 0. The second kappa shape index (κ2) is 4.45. The smallest absolute Gasteiger partial charge is 0.0224 e. The summed E-state index contributed by atoms with van der Waals surface area (Å²) in [5, 5.41) is 0. The van der Waals surface area contributed by atoms with Crippen LogP contribution in [0.2, 0.25) is 0 Å². The van der Waals surface area contributed by atoms with Crippen LogP contribution in [0, 0.1) is 0 Å². The van der Waals surface area contributed by atoms with Crippen LogP contribution in [-0.2, 0) is 12.8 Å². The minimum Gasteiger partial charge on any atom is -0.0584 e. The Morgan fingerprint density at radius 3 is 1.22 bits per heavy atom. The molecule has 0 radical (unpaired) electrons. The van der Waals surface area contributed by atoms with E-state index >= 15 is 0 Å². The number of hydrogen-bond donors (Lipinski definition) is 0. The lowest BCUT2D eigenvalue weighted by Gasteiger charge is -2.12. The molecule has 0 unspecified atom stereocenters. The van der Waals surface area contributed by atoms with Crippen molar-refractivity contribution in [2.45, 2.75) is 26.7 Å². The van der Waals surface area contributed by atoms with Crippen LogP contribution in [0.3, 0.4) is 0 Å². The van der Waals surface area contributed by atoms with Gasteiger partial charge in [0.1, 0.15) is 0 Å². The average Bonchev–Trinajstić information content (AvgIpc) is 2.43. The molecule has 4 aliphatic carbocycles. The van der Waals surface area contributed by atoms with E-state index in [4.69, 9.17) is 0 Å². The van der Waals surface area contributed by atoms with Crippen molar-refractivity contribution < 1.29 is 0 Å². The lowest BCUT2D eigenvalue weighted by Crippen LogP contribution is -1.95. The zero-order valence-corrected chi connectivity index (χ0v) is 11.0. The van der Waals surface area contributed by atoms with E-state index in [2.05, 4.69) is 62.4 Å². The standard InChI is InChI=1S/C18H18/c1-13-14(2)18-11-7-16(8-12-18)4-3-15-5-9-17(13)10-6-15/h5-12H,3-4H2,1-2H3/b14-13-. The van der Waals surface area contributed by atoms with Gasteiger partial charge in [-0.15, -0.1) is 0 Å². The van der Waals surface area contributed by atoms with Crippen molar-refractivity contribution >= 4 is 11.1 Å². The third-order valence-corrected chi connectivity index (χ3v) is 4.04. The van der Waals surface area contributed by atoms with Gasteiger partial charge < -0.3 is 0 Å². The maximum atomic E-state index is 2.26. The van der Waals surface area contributed by atoms with Crippen molar-refractivity contribution in [1.82, 2.24) is 0 Å². The normalized spacial score (nSPS) is 18.6. The maximum Gasteiger partial charge on any atom is -0.0224 e. The summed E-state index contributed by atoms with van der Waals surface area (Å²) in [5.74, 6) is 0. The molecule has 0 heterocycles. The fourth-order valence-electron chi connectivity index (χ4n) is 2.56. The van der Waals surface area contributed by atoms with Crippen molar-refractivity contribution in [3.63, 3.8) is 0 Å². The van der Waals surface area contributed by atoms with Crippen molar-refractivity contribution in [3.05, 3.63) is 70.8 Å². The van der Waals surface area contributed by atoms with Gasteiger partial charge in [-0.25, -0.2) is 0 Å². The van der Waals surface area contributed by atoms with Gasteiger partial charge in [-0.3, -0.25) is 0 Å². The molecule has 0 nitrogen and oxygen atoms in total. The summed E-state index contributed by atoms with van der Waals surface area (Å²) in [6.45, 7) is 4.42. The van der Waals surface area contributed by atoms with Crippen molar-refractivity contribution in [2.24, 2.45) is 0 Å². The quantitative estimate of drug-likeness (QED) is 0.618. The summed E-state index contributed by atoms with van der Waals surface area (Å²) < 4.78 is 0. The molecule has 2 aromatic rings. The second-order valence-electron chi connectivity index (χ2n) is 5.14. The summed E-state index contributed by atoms with van der Waals surface area (Å²) >= 11 is 0. The van der Waals surface area contributed by atoms with E-state index in [0.29, 0.717) is 0 Å². The Labute approximate surface area is 109 Å². The molecule has 0 saturated heterocycles. The van der Waals surface area contributed by atoms with Crippen LogP contribution < -0.4 is 0 Å². The Morgan fingerprint density at radius 1 is 0.556 bits per heavy atom.